The third-order valence-electron chi connectivity index (χ3n) is 4.14. The van der Waals surface area contributed by atoms with Gasteiger partial charge in [0.05, 0.1) is 11.3 Å². The number of carbonyl (C=O) groups excluding carboxylic acids is 1. The molecule has 1 unspecified atom stereocenters. The number of amides is 1. The number of pyridine rings is 1. The highest BCUT2D eigenvalue weighted by atomic mass is 32.1. The summed E-state index contributed by atoms with van der Waals surface area (Å²) < 4.78 is 5.55. The van der Waals surface area contributed by atoms with Crippen LogP contribution < -0.4 is 5.73 Å². The molecule has 0 aliphatic carbocycles. The van der Waals surface area contributed by atoms with E-state index in [4.69, 9.17) is 10.5 Å². The lowest BCUT2D eigenvalue weighted by Crippen LogP contribution is -2.49. The smallest absolute Gasteiger partial charge is 0.266 e. The number of ether oxygens (including phenoxy) is 1. The minimum absolute atomic E-state index is 0.0153. The number of likely N-dealkylation sites (tertiary alicyclic amines) is 1. The molecule has 6 heteroatoms. The largest absolute Gasteiger partial charge is 0.397 e. The molecule has 1 fully saturated rings. The first-order chi connectivity index (χ1) is 10.0. The van der Waals surface area contributed by atoms with E-state index in [1.54, 1.807) is 13.3 Å². The lowest BCUT2D eigenvalue weighted by molar-refractivity contribution is -0.0438. The van der Waals surface area contributed by atoms with Crippen LogP contribution in [0.2, 0.25) is 0 Å². The van der Waals surface area contributed by atoms with E-state index in [1.165, 1.54) is 11.3 Å². The van der Waals surface area contributed by atoms with E-state index < -0.39 is 0 Å². The molecule has 2 N–H and O–H groups in total. The Bertz CT molecular complexity index is 685. The molecule has 112 valence electrons. The van der Waals surface area contributed by atoms with Gasteiger partial charge in [-0.05, 0) is 31.9 Å². The van der Waals surface area contributed by atoms with Gasteiger partial charge in [0.2, 0.25) is 0 Å². The van der Waals surface area contributed by atoms with Crippen molar-refractivity contribution in [2.75, 3.05) is 25.9 Å². The molecule has 0 radical (unpaired) electrons. The number of anilines is 1. The number of hydrogen-bond acceptors (Lipinski definition) is 5. The van der Waals surface area contributed by atoms with E-state index >= 15 is 0 Å². The molecule has 0 spiro atoms. The van der Waals surface area contributed by atoms with Crippen molar-refractivity contribution in [3.8, 4) is 0 Å². The molecule has 0 bridgehead atoms. The summed E-state index contributed by atoms with van der Waals surface area (Å²) >= 11 is 1.37. The first kappa shape index (κ1) is 14.3. The minimum Gasteiger partial charge on any atom is -0.397 e. The maximum Gasteiger partial charge on any atom is 0.266 e. The first-order valence-electron chi connectivity index (χ1n) is 7.01. The fourth-order valence-corrected chi connectivity index (χ4v) is 3.83. The van der Waals surface area contributed by atoms with Crippen molar-refractivity contribution < 1.29 is 9.53 Å². The van der Waals surface area contributed by atoms with Gasteiger partial charge in [0.1, 0.15) is 9.71 Å². The number of nitrogen functional groups attached to an aromatic ring is 1. The Kier molecular flexibility index (Phi) is 3.59. The number of thiophene rings is 1. The molecular formula is C15H19N3O2S. The van der Waals surface area contributed by atoms with Gasteiger partial charge in [-0.1, -0.05) is 0 Å². The fourth-order valence-electron chi connectivity index (χ4n) is 2.80. The Morgan fingerprint density at radius 3 is 3.10 bits per heavy atom. The molecule has 0 saturated carbocycles. The quantitative estimate of drug-likeness (QED) is 0.925. The van der Waals surface area contributed by atoms with Crippen LogP contribution in [-0.2, 0) is 4.74 Å². The Morgan fingerprint density at radius 1 is 1.57 bits per heavy atom. The van der Waals surface area contributed by atoms with Crippen molar-refractivity contribution in [3.63, 3.8) is 0 Å². The Balaban J connectivity index is 1.92. The zero-order valence-electron chi connectivity index (χ0n) is 12.3. The van der Waals surface area contributed by atoms with Crippen LogP contribution in [0.5, 0.6) is 0 Å². The second-order valence-electron chi connectivity index (χ2n) is 5.69. The second kappa shape index (κ2) is 5.27. The molecule has 0 aromatic carbocycles. The van der Waals surface area contributed by atoms with Gasteiger partial charge in [0.25, 0.3) is 5.91 Å². The Morgan fingerprint density at radius 2 is 2.38 bits per heavy atom. The predicted molar refractivity (Wildman–Crippen MR) is 84.6 cm³/mol. The van der Waals surface area contributed by atoms with Crippen LogP contribution >= 0.6 is 11.3 Å². The number of nitrogens with zero attached hydrogens (tertiary/aromatic N) is 2. The number of fused-ring (bicyclic) bond motifs is 1. The van der Waals surface area contributed by atoms with E-state index in [1.807, 2.05) is 24.0 Å². The van der Waals surface area contributed by atoms with Crippen molar-refractivity contribution >= 4 is 33.1 Å². The van der Waals surface area contributed by atoms with E-state index in [0.29, 0.717) is 17.1 Å². The summed E-state index contributed by atoms with van der Waals surface area (Å²) in [5.74, 6) is -0.0153. The van der Waals surface area contributed by atoms with Crippen LogP contribution in [0.25, 0.3) is 10.2 Å². The number of nitrogens with two attached hydrogens (primary N) is 1. The molecule has 1 atom stereocenters. The normalized spacial score (nSPS) is 22.7. The summed E-state index contributed by atoms with van der Waals surface area (Å²) in [6, 6.07) is 3.74. The van der Waals surface area contributed by atoms with Gasteiger partial charge in [0.15, 0.2) is 0 Å². The molecular weight excluding hydrogens is 286 g/mol. The number of hydrogen-bond donors (Lipinski definition) is 1. The van der Waals surface area contributed by atoms with Crippen molar-refractivity contribution in [1.29, 1.82) is 0 Å². The summed E-state index contributed by atoms with van der Waals surface area (Å²) in [5, 5.41) is 0.859. The number of aromatic nitrogens is 1. The highest BCUT2D eigenvalue weighted by Gasteiger charge is 2.34. The average Bonchev–Trinajstić information content (AvgIpc) is 2.84. The number of rotatable bonds is 2. The maximum absolute atomic E-state index is 12.8. The number of methoxy groups -OCH3 is 1. The zero-order valence-corrected chi connectivity index (χ0v) is 13.1. The summed E-state index contributed by atoms with van der Waals surface area (Å²) in [5.41, 5.74) is 6.41. The van der Waals surface area contributed by atoms with Gasteiger partial charge in [-0.3, -0.25) is 4.79 Å². The molecule has 5 nitrogen and oxygen atoms in total. The summed E-state index contributed by atoms with van der Waals surface area (Å²) in [6.07, 6.45) is 3.63. The first-order valence-corrected chi connectivity index (χ1v) is 7.83. The SMILES string of the molecule is COC1(C)CCCN(C(=O)c2sc3ncccc3c2N)C1. The molecule has 1 aliphatic heterocycles. The predicted octanol–water partition coefficient (Wildman–Crippen LogP) is 2.52. The third-order valence-corrected chi connectivity index (χ3v) is 5.26. The van der Waals surface area contributed by atoms with Gasteiger partial charge in [0, 0.05) is 31.8 Å². The molecule has 3 heterocycles. The summed E-state index contributed by atoms with van der Waals surface area (Å²) in [4.78, 5) is 20.3. The highest BCUT2D eigenvalue weighted by Crippen LogP contribution is 2.34. The van der Waals surface area contributed by atoms with Gasteiger partial charge >= 0.3 is 0 Å². The molecule has 1 saturated heterocycles. The lowest BCUT2D eigenvalue weighted by Gasteiger charge is -2.39. The van der Waals surface area contributed by atoms with Gasteiger partial charge < -0.3 is 15.4 Å². The molecule has 2 aromatic rings. The Hall–Kier alpha value is -1.66. The van der Waals surface area contributed by atoms with Gasteiger partial charge in [-0.25, -0.2) is 4.98 Å². The average molecular weight is 305 g/mol. The van der Waals surface area contributed by atoms with E-state index in [-0.39, 0.29) is 11.5 Å². The van der Waals surface area contributed by atoms with Crippen LogP contribution in [0.1, 0.15) is 29.4 Å². The van der Waals surface area contributed by atoms with E-state index in [0.717, 1.165) is 29.6 Å². The number of carbonyl (C=O) groups is 1. The minimum atomic E-state index is -0.266. The lowest BCUT2D eigenvalue weighted by atomic mass is 9.94. The molecule has 2 aromatic heterocycles. The molecule has 3 rings (SSSR count). The summed E-state index contributed by atoms with van der Waals surface area (Å²) in [6.45, 7) is 3.39. The standard InChI is InChI=1S/C15H19N3O2S/c1-15(20-2)6-4-8-18(9-15)14(19)12-11(16)10-5-3-7-17-13(10)21-12/h3,5,7H,4,6,8-9,16H2,1-2H3. The highest BCUT2D eigenvalue weighted by molar-refractivity contribution is 7.21. The van der Waals surface area contributed by atoms with Gasteiger partial charge in [-0.15, -0.1) is 11.3 Å². The zero-order chi connectivity index (χ0) is 15.0. The maximum atomic E-state index is 12.8. The molecule has 1 aliphatic rings. The Labute approximate surface area is 127 Å². The van der Waals surface area contributed by atoms with Crippen molar-refractivity contribution in [2.45, 2.75) is 25.4 Å². The monoisotopic (exact) mass is 305 g/mol. The second-order valence-corrected chi connectivity index (χ2v) is 6.68. The van der Waals surface area contributed by atoms with Crippen molar-refractivity contribution in [1.82, 2.24) is 9.88 Å². The third kappa shape index (κ3) is 2.49. The molecule has 1 amide bonds. The van der Waals surface area contributed by atoms with Crippen LogP contribution in [-0.4, -0.2) is 41.6 Å². The van der Waals surface area contributed by atoms with Crippen molar-refractivity contribution in [2.24, 2.45) is 0 Å². The summed E-state index contributed by atoms with van der Waals surface area (Å²) in [7, 11) is 1.70. The number of piperidine rings is 1. The van der Waals surface area contributed by atoms with Crippen molar-refractivity contribution in [3.05, 3.63) is 23.2 Å². The van der Waals surface area contributed by atoms with Crippen LogP contribution in [0.15, 0.2) is 18.3 Å². The fraction of sp³-hybridized carbons (Fsp3) is 0.467. The van der Waals surface area contributed by atoms with Crippen LogP contribution in [0.3, 0.4) is 0 Å². The van der Waals surface area contributed by atoms with Gasteiger partial charge in [-0.2, -0.15) is 0 Å². The van der Waals surface area contributed by atoms with Crippen LogP contribution in [0.4, 0.5) is 5.69 Å². The molecule has 21 heavy (non-hydrogen) atoms. The topological polar surface area (TPSA) is 68.5 Å². The van der Waals surface area contributed by atoms with E-state index in [9.17, 15) is 4.79 Å². The van der Waals surface area contributed by atoms with E-state index in [2.05, 4.69) is 4.98 Å². The van der Waals surface area contributed by atoms with Crippen LogP contribution in [0, 0.1) is 0 Å².